The molecule has 0 N–H and O–H groups in total. The SMILES string of the molecule is Cc1cc(C)c(C)c(S(=O)(=O)N(C)CC(=O)OCc2ccccc2)c1C. The number of nitrogens with zero attached hydrogens (tertiary/aromatic N) is 1. The Morgan fingerprint density at radius 3 is 2.08 bits per heavy atom. The molecule has 0 aromatic heterocycles. The predicted molar refractivity (Wildman–Crippen MR) is 101 cm³/mol. The Bertz CT molecular complexity index is 879. The molecule has 0 unspecified atom stereocenters. The predicted octanol–water partition coefficient (Wildman–Crippen LogP) is 3.28. The van der Waals surface area contributed by atoms with E-state index in [1.165, 1.54) is 7.05 Å². The molecule has 6 heteroatoms. The van der Waals surface area contributed by atoms with E-state index >= 15 is 0 Å². The largest absolute Gasteiger partial charge is 0.460 e. The molecule has 0 heterocycles. The highest BCUT2D eigenvalue weighted by Gasteiger charge is 2.28. The van der Waals surface area contributed by atoms with Gasteiger partial charge in [-0.05, 0) is 55.5 Å². The number of carbonyl (C=O) groups is 1. The zero-order valence-corrected chi connectivity index (χ0v) is 16.7. The van der Waals surface area contributed by atoms with Crippen LogP contribution in [0.15, 0.2) is 41.3 Å². The fraction of sp³-hybridized carbons (Fsp3) is 0.350. The fourth-order valence-electron chi connectivity index (χ4n) is 2.77. The second kappa shape index (κ2) is 8.01. The number of likely N-dealkylation sites (N-methyl/N-ethyl adjacent to an activating group) is 1. The average Bonchev–Trinajstić information content (AvgIpc) is 2.59. The summed E-state index contributed by atoms with van der Waals surface area (Å²) in [5.74, 6) is -0.584. The molecule has 0 aliphatic carbocycles. The Balaban J connectivity index is 2.16. The topological polar surface area (TPSA) is 63.7 Å². The number of carbonyl (C=O) groups excluding carboxylic acids is 1. The summed E-state index contributed by atoms with van der Waals surface area (Å²) in [5, 5.41) is 0. The van der Waals surface area contributed by atoms with Crippen molar-refractivity contribution in [1.29, 1.82) is 0 Å². The van der Waals surface area contributed by atoms with Crippen LogP contribution in [0.5, 0.6) is 0 Å². The first-order valence-corrected chi connectivity index (χ1v) is 9.82. The van der Waals surface area contributed by atoms with Crippen LogP contribution < -0.4 is 0 Å². The molecular formula is C20H25NO4S. The third-order valence-electron chi connectivity index (χ3n) is 4.56. The molecule has 0 bridgehead atoms. The molecule has 0 fully saturated rings. The zero-order chi connectivity index (χ0) is 19.5. The molecule has 140 valence electrons. The first kappa shape index (κ1) is 20.1. The summed E-state index contributed by atoms with van der Waals surface area (Å²) >= 11 is 0. The van der Waals surface area contributed by atoms with Crippen molar-refractivity contribution >= 4 is 16.0 Å². The number of esters is 1. The smallest absolute Gasteiger partial charge is 0.321 e. The van der Waals surface area contributed by atoms with Crippen molar-refractivity contribution in [2.24, 2.45) is 0 Å². The highest BCUT2D eigenvalue weighted by molar-refractivity contribution is 7.89. The normalized spacial score (nSPS) is 11.6. The van der Waals surface area contributed by atoms with Crippen molar-refractivity contribution < 1.29 is 17.9 Å². The molecule has 2 aromatic rings. The molecule has 0 spiro atoms. The van der Waals surface area contributed by atoms with Crippen LogP contribution >= 0.6 is 0 Å². The molecule has 2 rings (SSSR count). The number of sulfonamides is 1. The number of hydrogen-bond donors (Lipinski definition) is 0. The minimum Gasteiger partial charge on any atom is -0.460 e. The van der Waals surface area contributed by atoms with Gasteiger partial charge in [-0.2, -0.15) is 4.31 Å². The highest BCUT2D eigenvalue weighted by Crippen LogP contribution is 2.28. The summed E-state index contributed by atoms with van der Waals surface area (Å²) in [4.78, 5) is 12.4. The van der Waals surface area contributed by atoms with E-state index in [0.717, 1.165) is 21.0 Å². The van der Waals surface area contributed by atoms with Crippen molar-refractivity contribution in [1.82, 2.24) is 4.31 Å². The lowest BCUT2D eigenvalue weighted by Crippen LogP contribution is -2.34. The third kappa shape index (κ3) is 4.31. The molecule has 0 aliphatic heterocycles. The Morgan fingerprint density at radius 1 is 1.00 bits per heavy atom. The van der Waals surface area contributed by atoms with Gasteiger partial charge in [0.05, 0.1) is 4.90 Å². The molecule has 0 atom stereocenters. The summed E-state index contributed by atoms with van der Waals surface area (Å²) in [6, 6.07) is 11.2. The van der Waals surface area contributed by atoms with Gasteiger partial charge in [0.15, 0.2) is 0 Å². The first-order valence-electron chi connectivity index (χ1n) is 8.38. The second-order valence-corrected chi connectivity index (χ2v) is 8.48. The van der Waals surface area contributed by atoms with Crippen LogP contribution in [-0.2, 0) is 26.2 Å². The summed E-state index contributed by atoms with van der Waals surface area (Å²) in [6.45, 7) is 7.13. The lowest BCUT2D eigenvalue weighted by molar-refractivity contribution is -0.144. The van der Waals surface area contributed by atoms with Crippen LogP contribution in [0, 0.1) is 27.7 Å². The van der Waals surface area contributed by atoms with Gasteiger partial charge in [0.25, 0.3) is 0 Å². The van der Waals surface area contributed by atoms with Gasteiger partial charge >= 0.3 is 5.97 Å². The molecule has 0 saturated carbocycles. The third-order valence-corrected chi connectivity index (χ3v) is 6.64. The number of benzene rings is 2. The van der Waals surface area contributed by atoms with Gasteiger partial charge in [-0.3, -0.25) is 4.79 Å². The van der Waals surface area contributed by atoms with Crippen LogP contribution in [0.2, 0.25) is 0 Å². The van der Waals surface area contributed by atoms with E-state index in [-0.39, 0.29) is 18.0 Å². The maximum Gasteiger partial charge on any atom is 0.321 e. The Labute approximate surface area is 155 Å². The van der Waals surface area contributed by atoms with Gasteiger partial charge in [0.2, 0.25) is 10.0 Å². The van der Waals surface area contributed by atoms with Gasteiger partial charge in [-0.15, -0.1) is 0 Å². The van der Waals surface area contributed by atoms with Gasteiger partial charge in [0.1, 0.15) is 13.2 Å². The number of hydrogen-bond acceptors (Lipinski definition) is 4. The van der Waals surface area contributed by atoms with Crippen molar-refractivity contribution in [2.45, 2.75) is 39.2 Å². The molecule has 5 nitrogen and oxygen atoms in total. The van der Waals surface area contributed by atoms with Crippen molar-refractivity contribution in [3.63, 3.8) is 0 Å². The summed E-state index contributed by atoms with van der Waals surface area (Å²) in [6.07, 6.45) is 0. The Morgan fingerprint density at radius 2 is 1.54 bits per heavy atom. The van der Waals surface area contributed by atoms with Crippen molar-refractivity contribution in [2.75, 3.05) is 13.6 Å². The Hall–Kier alpha value is -2.18. The number of ether oxygens (including phenoxy) is 1. The van der Waals surface area contributed by atoms with E-state index in [2.05, 4.69) is 0 Å². The fourth-order valence-corrected chi connectivity index (χ4v) is 4.46. The van der Waals surface area contributed by atoms with Gasteiger partial charge < -0.3 is 4.74 Å². The standard InChI is InChI=1S/C20H25NO4S/c1-14-11-15(2)17(4)20(16(14)3)26(23,24)21(5)12-19(22)25-13-18-9-7-6-8-10-18/h6-11H,12-13H2,1-5H3. The summed E-state index contributed by atoms with van der Waals surface area (Å²) in [5.41, 5.74) is 4.08. The summed E-state index contributed by atoms with van der Waals surface area (Å²) in [7, 11) is -2.39. The quantitative estimate of drug-likeness (QED) is 0.727. The van der Waals surface area contributed by atoms with Gasteiger partial charge in [-0.1, -0.05) is 36.4 Å². The van der Waals surface area contributed by atoms with Gasteiger partial charge in [-0.25, -0.2) is 8.42 Å². The minimum absolute atomic E-state index is 0.120. The second-order valence-electron chi connectivity index (χ2n) is 6.50. The first-order chi connectivity index (χ1) is 12.1. The lowest BCUT2D eigenvalue weighted by atomic mass is 10.0. The molecule has 26 heavy (non-hydrogen) atoms. The average molecular weight is 375 g/mol. The van der Waals surface area contributed by atoms with E-state index in [1.807, 2.05) is 50.2 Å². The van der Waals surface area contributed by atoms with Crippen LogP contribution in [0.1, 0.15) is 27.8 Å². The van der Waals surface area contributed by atoms with Crippen molar-refractivity contribution in [3.8, 4) is 0 Å². The molecule has 0 aliphatic rings. The molecular weight excluding hydrogens is 350 g/mol. The van der Waals surface area contributed by atoms with E-state index < -0.39 is 16.0 Å². The molecule has 0 amide bonds. The minimum atomic E-state index is -3.79. The van der Waals surface area contributed by atoms with Gasteiger partial charge in [0, 0.05) is 7.05 Å². The van der Waals surface area contributed by atoms with E-state index in [4.69, 9.17) is 4.74 Å². The van der Waals surface area contributed by atoms with Crippen LogP contribution in [0.4, 0.5) is 0 Å². The Kier molecular flexibility index (Phi) is 6.21. The zero-order valence-electron chi connectivity index (χ0n) is 15.9. The summed E-state index contributed by atoms with van der Waals surface area (Å²) < 4.78 is 32.3. The maximum atomic E-state index is 13.0. The van der Waals surface area contributed by atoms with E-state index in [9.17, 15) is 13.2 Å². The highest BCUT2D eigenvalue weighted by atomic mass is 32.2. The van der Waals surface area contributed by atoms with E-state index in [0.29, 0.717) is 11.1 Å². The van der Waals surface area contributed by atoms with E-state index in [1.54, 1.807) is 13.8 Å². The lowest BCUT2D eigenvalue weighted by Gasteiger charge is -2.21. The van der Waals surface area contributed by atoms with Crippen LogP contribution in [-0.4, -0.2) is 32.3 Å². The molecule has 2 aromatic carbocycles. The monoisotopic (exact) mass is 375 g/mol. The molecule has 0 saturated heterocycles. The number of aryl methyl sites for hydroxylation is 2. The van der Waals surface area contributed by atoms with Crippen LogP contribution in [0.3, 0.4) is 0 Å². The van der Waals surface area contributed by atoms with Crippen molar-refractivity contribution in [3.05, 3.63) is 64.2 Å². The molecule has 0 radical (unpaired) electrons. The maximum absolute atomic E-state index is 13.0. The van der Waals surface area contributed by atoms with Crippen LogP contribution in [0.25, 0.3) is 0 Å². The number of rotatable bonds is 6.